The maximum atomic E-state index is 5.41. The zero-order valence-electron chi connectivity index (χ0n) is 9.31. The van der Waals surface area contributed by atoms with Crippen LogP contribution in [0.15, 0.2) is 4.42 Å². The van der Waals surface area contributed by atoms with Crippen LogP contribution >= 0.6 is 0 Å². The van der Waals surface area contributed by atoms with Crippen molar-refractivity contribution >= 4 is 12.0 Å². The monoisotopic (exact) mass is 210 g/mol. The number of nitrogens with two attached hydrogens (primary N) is 1. The van der Waals surface area contributed by atoms with Gasteiger partial charge in [0, 0.05) is 13.1 Å². The van der Waals surface area contributed by atoms with E-state index in [4.69, 9.17) is 10.2 Å². The smallest absolute Gasteiger partial charge is 0.319 e. The van der Waals surface area contributed by atoms with Crippen LogP contribution in [0.3, 0.4) is 0 Å². The molecule has 1 heterocycles. The highest BCUT2D eigenvalue weighted by atomic mass is 16.4. The molecule has 2 N–H and O–H groups in total. The first kappa shape index (κ1) is 10.3. The molecule has 15 heavy (non-hydrogen) atoms. The number of hydrogen-bond acceptors (Lipinski definition) is 5. The highest BCUT2D eigenvalue weighted by molar-refractivity contribution is 5.28. The molecule has 0 spiro atoms. The normalized spacial score (nSPS) is 26.5. The highest BCUT2D eigenvalue weighted by Crippen LogP contribution is 2.29. The van der Waals surface area contributed by atoms with Crippen molar-refractivity contribution in [3.63, 3.8) is 0 Å². The molecule has 2 unspecified atom stereocenters. The third kappa shape index (κ3) is 2.22. The van der Waals surface area contributed by atoms with Gasteiger partial charge in [-0.2, -0.15) is 0 Å². The van der Waals surface area contributed by atoms with Crippen LogP contribution in [0, 0.1) is 5.92 Å². The maximum Gasteiger partial charge on any atom is 0.319 e. The summed E-state index contributed by atoms with van der Waals surface area (Å²) in [6.07, 6.45) is 5.00. The Bertz CT molecular complexity index is 325. The number of hydrogen-bond donors (Lipinski definition) is 1. The van der Waals surface area contributed by atoms with Gasteiger partial charge in [-0.15, -0.1) is 0 Å². The Kier molecular flexibility index (Phi) is 2.79. The molecule has 1 aliphatic carbocycles. The van der Waals surface area contributed by atoms with Gasteiger partial charge in [0.15, 0.2) is 0 Å². The van der Waals surface area contributed by atoms with E-state index >= 15 is 0 Å². The number of rotatable bonds is 2. The van der Waals surface area contributed by atoms with E-state index in [1.165, 1.54) is 25.7 Å². The highest BCUT2D eigenvalue weighted by Gasteiger charge is 2.25. The molecule has 2 atom stereocenters. The van der Waals surface area contributed by atoms with E-state index in [0.717, 1.165) is 5.92 Å². The van der Waals surface area contributed by atoms with Gasteiger partial charge in [0.05, 0.1) is 0 Å². The Balaban J connectivity index is 2.03. The zero-order valence-corrected chi connectivity index (χ0v) is 9.31. The molecular formula is C10H18N4O. The van der Waals surface area contributed by atoms with Gasteiger partial charge in [0.2, 0.25) is 0 Å². The third-order valence-corrected chi connectivity index (χ3v) is 3.19. The van der Waals surface area contributed by atoms with E-state index in [1.807, 2.05) is 7.05 Å². The molecule has 0 radical (unpaired) electrons. The fourth-order valence-electron chi connectivity index (χ4n) is 2.28. The lowest BCUT2D eigenvalue weighted by molar-refractivity contribution is 0.328. The SMILES string of the molecule is CC1CCCC(N(C)c2nnc(N)o2)C1. The lowest BCUT2D eigenvalue weighted by Gasteiger charge is -2.32. The summed E-state index contributed by atoms with van der Waals surface area (Å²) in [6.45, 7) is 2.29. The third-order valence-electron chi connectivity index (χ3n) is 3.19. The Hall–Kier alpha value is -1.26. The molecule has 5 nitrogen and oxygen atoms in total. The van der Waals surface area contributed by atoms with E-state index in [2.05, 4.69) is 22.0 Å². The second-order valence-corrected chi connectivity index (χ2v) is 4.46. The molecule has 0 amide bonds. The molecule has 1 fully saturated rings. The molecule has 0 aromatic carbocycles. The first-order valence-electron chi connectivity index (χ1n) is 5.48. The molecule has 0 bridgehead atoms. The second kappa shape index (κ2) is 4.08. The summed E-state index contributed by atoms with van der Waals surface area (Å²) >= 11 is 0. The predicted octanol–water partition coefficient (Wildman–Crippen LogP) is 1.67. The largest absolute Gasteiger partial charge is 0.390 e. The fraction of sp³-hybridized carbons (Fsp3) is 0.800. The van der Waals surface area contributed by atoms with Crippen LogP contribution in [0.2, 0.25) is 0 Å². The molecule has 1 aromatic rings. The fourth-order valence-corrected chi connectivity index (χ4v) is 2.28. The van der Waals surface area contributed by atoms with E-state index in [0.29, 0.717) is 12.1 Å². The van der Waals surface area contributed by atoms with Crippen molar-refractivity contribution in [1.82, 2.24) is 10.2 Å². The molecule has 0 saturated heterocycles. The van der Waals surface area contributed by atoms with Crippen molar-refractivity contribution in [3.8, 4) is 0 Å². The van der Waals surface area contributed by atoms with Gasteiger partial charge in [0.25, 0.3) is 0 Å². The van der Waals surface area contributed by atoms with Crippen LogP contribution in [0.1, 0.15) is 32.6 Å². The Morgan fingerprint density at radius 1 is 1.40 bits per heavy atom. The average molecular weight is 210 g/mol. The molecular weight excluding hydrogens is 192 g/mol. The van der Waals surface area contributed by atoms with Crippen molar-refractivity contribution in [2.75, 3.05) is 17.7 Å². The molecule has 1 saturated carbocycles. The molecule has 2 rings (SSSR count). The van der Waals surface area contributed by atoms with Crippen molar-refractivity contribution in [2.45, 2.75) is 38.6 Å². The minimum atomic E-state index is 0.140. The molecule has 84 valence electrons. The van der Waals surface area contributed by atoms with E-state index in [9.17, 15) is 0 Å². The van der Waals surface area contributed by atoms with Crippen LogP contribution in [0.4, 0.5) is 12.0 Å². The van der Waals surface area contributed by atoms with Gasteiger partial charge in [-0.1, -0.05) is 30.0 Å². The number of nitrogen functional groups attached to an aromatic ring is 1. The van der Waals surface area contributed by atoms with Crippen molar-refractivity contribution in [1.29, 1.82) is 0 Å². The van der Waals surface area contributed by atoms with Crippen LogP contribution in [0.25, 0.3) is 0 Å². The van der Waals surface area contributed by atoms with Gasteiger partial charge in [0.1, 0.15) is 0 Å². The number of anilines is 2. The van der Waals surface area contributed by atoms with Gasteiger partial charge in [-0.3, -0.25) is 0 Å². The van der Waals surface area contributed by atoms with Crippen molar-refractivity contribution in [2.24, 2.45) is 5.92 Å². The zero-order chi connectivity index (χ0) is 10.8. The lowest BCUT2D eigenvalue weighted by atomic mass is 9.86. The van der Waals surface area contributed by atoms with Crippen molar-refractivity contribution < 1.29 is 4.42 Å². The summed E-state index contributed by atoms with van der Waals surface area (Å²) in [7, 11) is 2.00. The molecule has 1 aromatic heterocycles. The van der Waals surface area contributed by atoms with Gasteiger partial charge in [-0.25, -0.2) is 0 Å². The topological polar surface area (TPSA) is 68.2 Å². The summed E-state index contributed by atoms with van der Waals surface area (Å²) in [6, 6.07) is 1.18. The lowest BCUT2D eigenvalue weighted by Crippen LogP contribution is -2.35. The maximum absolute atomic E-state index is 5.41. The van der Waals surface area contributed by atoms with Gasteiger partial charge >= 0.3 is 12.0 Å². The van der Waals surface area contributed by atoms with Gasteiger partial charge in [-0.05, 0) is 18.8 Å². The summed E-state index contributed by atoms with van der Waals surface area (Å²) in [4.78, 5) is 2.05. The minimum Gasteiger partial charge on any atom is -0.390 e. The molecule has 5 heteroatoms. The Morgan fingerprint density at radius 2 is 2.20 bits per heavy atom. The van der Waals surface area contributed by atoms with Gasteiger partial charge < -0.3 is 15.1 Å². The van der Waals surface area contributed by atoms with E-state index < -0.39 is 0 Å². The Labute approximate surface area is 89.6 Å². The number of nitrogens with zero attached hydrogens (tertiary/aromatic N) is 3. The van der Waals surface area contributed by atoms with Crippen LogP contribution in [-0.2, 0) is 0 Å². The van der Waals surface area contributed by atoms with Crippen molar-refractivity contribution in [3.05, 3.63) is 0 Å². The average Bonchev–Trinajstić information content (AvgIpc) is 2.64. The quantitative estimate of drug-likeness (QED) is 0.804. The van der Waals surface area contributed by atoms with Crippen LogP contribution in [-0.4, -0.2) is 23.3 Å². The summed E-state index contributed by atoms with van der Waals surface area (Å²) in [5.74, 6) is 0.784. The molecule has 0 aliphatic heterocycles. The summed E-state index contributed by atoms with van der Waals surface area (Å²) in [5, 5.41) is 7.57. The van der Waals surface area contributed by atoms with E-state index in [1.54, 1.807) is 0 Å². The predicted molar refractivity (Wildman–Crippen MR) is 58.5 cm³/mol. The minimum absolute atomic E-state index is 0.140. The first-order chi connectivity index (χ1) is 7.16. The second-order valence-electron chi connectivity index (χ2n) is 4.46. The summed E-state index contributed by atoms with van der Waals surface area (Å²) < 4.78 is 5.22. The van der Waals surface area contributed by atoms with Crippen LogP contribution in [0.5, 0.6) is 0 Å². The molecule has 1 aliphatic rings. The van der Waals surface area contributed by atoms with E-state index in [-0.39, 0.29) is 6.01 Å². The first-order valence-corrected chi connectivity index (χ1v) is 5.48. The summed E-state index contributed by atoms with van der Waals surface area (Å²) in [5.41, 5.74) is 5.41. The Morgan fingerprint density at radius 3 is 2.80 bits per heavy atom. The van der Waals surface area contributed by atoms with Crippen LogP contribution < -0.4 is 10.6 Å². The number of aromatic nitrogens is 2. The standard InChI is InChI=1S/C10H18N4O/c1-7-4-3-5-8(6-7)14(2)10-13-12-9(11)15-10/h7-8H,3-6H2,1-2H3,(H2,11,12).